The predicted molar refractivity (Wildman–Crippen MR) is 92.8 cm³/mol. The van der Waals surface area contributed by atoms with Gasteiger partial charge in [0.15, 0.2) is 5.65 Å². The van der Waals surface area contributed by atoms with Crippen molar-refractivity contribution in [3.8, 4) is 11.1 Å². The van der Waals surface area contributed by atoms with E-state index in [0.29, 0.717) is 11.6 Å². The molecule has 0 bridgehead atoms. The smallest absolute Gasteiger partial charge is 0.163 e. The van der Waals surface area contributed by atoms with Crippen molar-refractivity contribution in [2.75, 3.05) is 7.11 Å². The monoisotopic (exact) mass is 329 g/mol. The molecule has 0 atom stereocenters. The molecule has 0 aliphatic carbocycles. The number of rotatable bonds is 3. The summed E-state index contributed by atoms with van der Waals surface area (Å²) in [6.07, 6.45) is 1.84. The molecule has 0 saturated heterocycles. The average molecular weight is 330 g/mol. The maximum Gasteiger partial charge on any atom is 0.163 e. The Kier molecular flexibility index (Phi) is 4.13. The SMILES string of the molecule is COCc1nn2c(C(C)(C)C)ccnc2c1-c1ccc(Cl)cc1. The van der Waals surface area contributed by atoms with E-state index in [-0.39, 0.29) is 5.41 Å². The van der Waals surface area contributed by atoms with E-state index < -0.39 is 0 Å². The van der Waals surface area contributed by atoms with Crippen LogP contribution < -0.4 is 0 Å². The van der Waals surface area contributed by atoms with E-state index in [1.54, 1.807) is 7.11 Å². The lowest BCUT2D eigenvalue weighted by atomic mass is 9.92. The van der Waals surface area contributed by atoms with Crippen molar-refractivity contribution in [2.24, 2.45) is 0 Å². The van der Waals surface area contributed by atoms with Gasteiger partial charge in [-0.1, -0.05) is 44.5 Å². The molecule has 0 amide bonds. The molecule has 2 heterocycles. The predicted octanol–water partition coefficient (Wildman–Crippen LogP) is 4.49. The van der Waals surface area contributed by atoms with Gasteiger partial charge in [-0.2, -0.15) is 5.10 Å². The molecule has 120 valence electrons. The zero-order chi connectivity index (χ0) is 16.6. The minimum absolute atomic E-state index is 0.0329. The van der Waals surface area contributed by atoms with Gasteiger partial charge in [0.1, 0.15) is 0 Å². The summed E-state index contributed by atoms with van der Waals surface area (Å²) < 4.78 is 7.27. The molecule has 0 radical (unpaired) electrons. The molecule has 0 fully saturated rings. The first-order valence-corrected chi connectivity index (χ1v) is 7.91. The van der Waals surface area contributed by atoms with Crippen LogP contribution in [-0.4, -0.2) is 21.7 Å². The number of nitrogens with zero attached hydrogens (tertiary/aromatic N) is 3. The highest BCUT2D eigenvalue weighted by molar-refractivity contribution is 6.30. The van der Waals surface area contributed by atoms with Crippen molar-refractivity contribution in [1.29, 1.82) is 0 Å². The van der Waals surface area contributed by atoms with Gasteiger partial charge in [-0.25, -0.2) is 9.50 Å². The van der Waals surface area contributed by atoms with E-state index in [1.165, 1.54) is 0 Å². The summed E-state index contributed by atoms with van der Waals surface area (Å²) in [4.78, 5) is 4.57. The first kappa shape index (κ1) is 16.0. The Labute approximate surface area is 141 Å². The third-order valence-corrected chi connectivity index (χ3v) is 4.03. The Balaban J connectivity index is 2.31. The zero-order valence-corrected chi connectivity index (χ0v) is 14.6. The fourth-order valence-corrected chi connectivity index (χ4v) is 2.83. The second-order valence-corrected chi connectivity index (χ2v) is 7.01. The molecule has 0 unspecified atom stereocenters. The van der Waals surface area contributed by atoms with Gasteiger partial charge < -0.3 is 4.74 Å². The van der Waals surface area contributed by atoms with Crippen LogP contribution in [-0.2, 0) is 16.8 Å². The van der Waals surface area contributed by atoms with Crippen LogP contribution in [0.3, 0.4) is 0 Å². The first-order valence-electron chi connectivity index (χ1n) is 7.54. The number of methoxy groups -OCH3 is 1. The summed E-state index contributed by atoms with van der Waals surface area (Å²) in [6, 6.07) is 9.76. The Morgan fingerprint density at radius 3 is 2.43 bits per heavy atom. The second-order valence-electron chi connectivity index (χ2n) is 6.58. The van der Waals surface area contributed by atoms with Crippen LogP contribution >= 0.6 is 11.6 Å². The van der Waals surface area contributed by atoms with Crippen molar-refractivity contribution in [3.63, 3.8) is 0 Å². The van der Waals surface area contributed by atoms with E-state index >= 15 is 0 Å². The molecule has 0 spiro atoms. The van der Waals surface area contributed by atoms with Crippen molar-refractivity contribution >= 4 is 17.2 Å². The van der Waals surface area contributed by atoms with E-state index in [0.717, 1.165) is 28.2 Å². The van der Waals surface area contributed by atoms with Gasteiger partial charge >= 0.3 is 0 Å². The van der Waals surface area contributed by atoms with Crippen LogP contribution in [0.25, 0.3) is 16.8 Å². The molecule has 0 aliphatic heterocycles. The molecular formula is C18H20ClN3O. The lowest BCUT2D eigenvalue weighted by Crippen LogP contribution is -2.17. The quantitative estimate of drug-likeness (QED) is 0.710. The maximum atomic E-state index is 6.02. The van der Waals surface area contributed by atoms with Crippen molar-refractivity contribution in [2.45, 2.75) is 32.8 Å². The van der Waals surface area contributed by atoms with Crippen LogP contribution in [0.5, 0.6) is 0 Å². The zero-order valence-electron chi connectivity index (χ0n) is 13.8. The molecular weight excluding hydrogens is 310 g/mol. The summed E-state index contributed by atoms with van der Waals surface area (Å²) >= 11 is 6.02. The van der Waals surface area contributed by atoms with Gasteiger partial charge in [0.25, 0.3) is 0 Å². The number of ether oxygens (including phenoxy) is 1. The van der Waals surface area contributed by atoms with Gasteiger partial charge in [0.2, 0.25) is 0 Å². The number of aromatic nitrogens is 3. The highest BCUT2D eigenvalue weighted by atomic mass is 35.5. The lowest BCUT2D eigenvalue weighted by molar-refractivity contribution is 0.181. The van der Waals surface area contributed by atoms with Crippen LogP contribution in [0.15, 0.2) is 36.5 Å². The summed E-state index contributed by atoms with van der Waals surface area (Å²) in [5, 5.41) is 5.47. The third-order valence-electron chi connectivity index (χ3n) is 3.77. The lowest BCUT2D eigenvalue weighted by Gasteiger charge is -2.19. The number of benzene rings is 1. The summed E-state index contributed by atoms with van der Waals surface area (Å²) in [5.74, 6) is 0. The van der Waals surface area contributed by atoms with Crippen LogP contribution in [0.2, 0.25) is 5.02 Å². The van der Waals surface area contributed by atoms with Gasteiger partial charge in [0.05, 0.1) is 23.6 Å². The molecule has 1 aromatic carbocycles. The van der Waals surface area contributed by atoms with E-state index in [9.17, 15) is 0 Å². The van der Waals surface area contributed by atoms with Crippen LogP contribution in [0, 0.1) is 0 Å². The number of hydrogen-bond acceptors (Lipinski definition) is 3. The number of halogens is 1. The van der Waals surface area contributed by atoms with Gasteiger partial charge in [-0.3, -0.25) is 0 Å². The normalized spacial score (nSPS) is 12.0. The standard InChI is InChI=1S/C18H20ClN3O/c1-18(2,3)15-9-10-20-17-16(12-5-7-13(19)8-6-12)14(11-23-4)21-22(15)17/h5-10H,11H2,1-4H3. The molecule has 3 aromatic rings. The van der Waals surface area contributed by atoms with Crippen molar-refractivity contribution < 1.29 is 4.74 Å². The second kappa shape index (κ2) is 5.95. The molecule has 23 heavy (non-hydrogen) atoms. The highest BCUT2D eigenvalue weighted by Gasteiger charge is 2.22. The Morgan fingerprint density at radius 2 is 1.83 bits per heavy atom. The summed E-state index contributed by atoms with van der Waals surface area (Å²) in [7, 11) is 1.67. The minimum atomic E-state index is -0.0329. The summed E-state index contributed by atoms with van der Waals surface area (Å²) in [5.41, 5.74) is 4.82. The molecule has 4 nitrogen and oxygen atoms in total. The van der Waals surface area contributed by atoms with E-state index in [2.05, 4.69) is 25.8 Å². The number of hydrogen-bond donors (Lipinski definition) is 0. The van der Waals surface area contributed by atoms with Crippen LogP contribution in [0.4, 0.5) is 0 Å². The van der Waals surface area contributed by atoms with Gasteiger partial charge in [0, 0.05) is 23.7 Å². The molecule has 0 saturated carbocycles. The number of fused-ring (bicyclic) bond motifs is 1. The molecule has 5 heteroatoms. The average Bonchev–Trinajstić information content (AvgIpc) is 2.85. The fraction of sp³-hybridized carbons (Fsp3) is 0.333. The molecule has 0 aliphatic rings. The molecule has 0 N–H and O–H groups in total. The van der Waals surface area contributed by atoms with Crippen molar-refractivity contribution in [1.82, 2.24) is 14.6 Å². The maximum absolute atomic E-state index is 6.02. The van der Waals surface area contributed by atoms with E-state index in [1.807, 2.05) is 41.0 Å². The third kappa shape index (κ3) is 2.96. The Hall–Kier alpha value is -1.91. The Bertz CT molecular complexity index is 832. The van der Waals surface area contributed by atoms with Crippen molar-refractivity contribution in [3.05, 3.63) is 52.9 Å². The molecule has 2 aromatic heterocycles. The van der Waals surface area contributed by atoms with Crippen LogP contribution in [0.1, 0.15) is 32.2 Å². The minimum Gasteiger partial charge on any atom is -0.378 e. The molecule has 3 rings (SSSR count). The topological polar surface area (TPSA) is 39.4 Å². The largest absolute Gasteiger partial charge is 0.378 e. The first-order chi connectivity index (χ1) is 10.9. The highest BCUT2D eigenvalue weighted by Crippen LogP contribution is 2.31. The summed E-state index contributed by atoms with van der Waals surface area (Å²) in [6.45, 7) is 6.94. The van der Waals surface area contributed by atoms with Gasteiger partial charge in [-0.05, 0) is 23.8 Å². The van der Waals surface area contributed by atoms with Gasteiger partial charge in [-0.15, -0.1) is 0 Å². The fourth-order valence-electron chi connectivity index (χ4n) is 2.71. The Morgan fingerprint density at radius 1 is 1.13 bits per heavy atom. The van der Waals surface area contributed by atoms with E-state index in [4.69, 9.17) is 21.4 Å².